The molecule has 1 aromatic heterocycles. The molecule has 3 fully saturated rings. The standard InChI is InChI=1S/C32H35N5O3/c1-3-7-27-26(8-6-15-33)22-40-32(27)13-18-37(19-14-32)31(39)24-10-9-23(2)28(20-24)35-30(38)25-11-12-29(34-21-25)36-16-4-5-17-36/h3,7-12,20-21H,1,4-6,13-14,16-19,22H2,2H3,(H,35,38)/b26-8-,27-7+. The number of carbonyl (C=O) groups is 2. The van der Waals surface area contributed by atoms with E-state index in [1.54, 1.807) is 24.4 Å². The van der Waals surface area contributed by atoms with Crippen LogP contribution < -0.4 is 10.2 Å². The van der Waals surface area contributed by atoms with E-state index >= 15 is 0 Å². The molecule has 1 aromatic carbocycles. The van der Waals surface area contributed by atoms with E-state index in [1.807, 2.05) is 42.2 Å². The largest absolute Gasteiger partial charge is 0.365 e. The number of aromatic nitrogens is 1. The van der Waals surface area contributed by atoms with Crippen LogP contribution in [0.15, 0.2) is 72.5 Å². The molecule has 40 heavy (non-hydrogen) atoms. The van der Waals surface area contributed by atoms with Gasteiger partial charge in [-0.2, -0.15) is 5.26 Å². The van der Waals surface area contributed by atoms with Gasteiger partial charge in [-0.05, 0) is 73.6 Å². The van der Waals surface area contributed by atoms with Crippen molar-refractivity contribution >= 4 is 23.3 Å². The molecule has 8 nitrogen and oxygen atoms in total. The van der Waals surface area contributed by atoms with E-state index in [-0.39, 0.29) is 11.8 Å². The predicted molar refractivity (Wildman–Crippen MR) is 155 cm³/mol. The van der Waals surface area contributed by atoms with E-state index in [9.17, 15) is 9.59 Å². The highest BCUT2D eigenvalue weighted by atomic mass is 16.5. The molecule has 3 aliphatic heterocycles. The van der Waals surface area contributed by atoms with Crippen LogP contribution in [0, 0.1) is 18.3 Å². The third-order valence-electron chi connectivity index (χ3n) is 8.10. The van der Waals surface area contributed by atoms with Crippen molar-refractivity contribution < 1.29 is 14.3 Å². The van der Waals surface area contributed by atoms with Crippen LogP contribution in [0.5, 0.6) is 0 Å². The van der Waals surface area contributed by atoms with Gasteiger partial charge < -0.3 is 19.9 Å². The Hall–Kier alpha value is -4.22. The second-order valence-corrected chi connectivity index (χ2v) is 10.6. The molecule has 0 aliphatic carbocycles. The van der Waals surface area contributed by atoms with Crippen LogP contribution in [-0.2, 0) is 4.74 Å². The van der Waals surface area contributed by atoms with Crippen LogP contribution in [0.25, 0.3) is 0 Å². The Labute approximate surface area is 235 Å². The van der Waals surface area contributed by atoms with Gasteiger partial charge in [0.2, 0.25) is 0 Å². The quantitative estimate of drug-likeness (QED) is 0.544. The number of piperidine rings is 1. The molecule has 3 saturated heterocycles. The third kappa shape index (κ3) is 5.56. The number of benzene rings is 1. The monoisotopic (exact) mass is 537 g/mol. The summed E-state index contributed by atoms with van der Waals surface area (Å²) in [5.41, 5.74) is 4.12. The van der Waals surface area contributed by atoms with Gasteiger partial charge in [-0.15, -0.1) is 0 Å². The number of rotatable bonds is 6. The lowest BCUT2D eigenvalue weighted by molar-refractivity contribution is -0.0190. The van der Waals surface area contributed by atoms with E-state index in [0.717, 1.165) is 35.6 Å². The maximum absolute atomic E-state index is 13.5. The number of amides is 2. The molecule has 2 amide bonds. The minimum atomic E-state index is -0.461. The van der Waals surface area contributed by atoms with E-state index in [2.05, 4.69) is 27.8 Å². The molecule has 8 heteroatoms. The van der Waals surface area contributed by atoms with Crippen LogP contribution in [0.3, 0.4) is 0 Å². The summed E-state index contributed by atoms with van der Waals surface area (Å²) in [6.45, 7) is 9.31. The molecule has 3 aliphatic rings. The normalized spacial score (nSPS) is 20.2. The molecule has 0 bridgehead atoms. The van der Waals surface area contributed by atoms with Gasteiger partial charge in [-0.25, -0.2) is 4.98 Å². The lowest BCUT2D eigenvalue weighted by Gasteiger charge is -2.39. The Bertz CT molecular complexity index is 1390. The molecular weight excluding hydrogens is 502 g/mol. The number of hydrogen-bond acceptors (Lipinski definition) is 6. The van der Waals surface area contributed by atoms with Gasteiger partial charge >= 0.3 is 0 Å². The Morgan fingerprint density at radius 2 is 1.90 bits per heavy atom. The minimum Gasteiger partial charge on any atom is -0.365 e. The summed E-state index contributed by atoms with van der Waals surface area (Å²) in [6.07, 6.45) is 11.2. The van der Waals surface area contributed by atoms with Crippen molar-refractivity contribution in [2.75, 3.05) is 43.0 Å². The van der Waals surface area contributed by atoms with Crippen molar-refractivity contribution in [1.82, 2.24) is 9.88 Å². The average Bonchev–Trinajstić information content (AvgIpc) is 3.63. The zero-order valence-electron chi connectivity index (χ0n) is 23.0. The molecule has 4 heterocycles. The number of ether oxygens (including phenoxy) is 1. The Kier molecular flexibility index (Phi) is 8.13. The molecule has 1 N–H and O–H groups in total. The lowest BCUT2D eigenvalue weighted by Crippen LogP contribution is -2.47. The molecule has 0 unspecified atom stereocenters. The van der Waals surface area contributed by atoms with Gasteiger partial charge in [0.25, 0.3) is 11.8 Å². The highest BCUT2D eigenvalue weighted by Crippen LogP contribution is 2.43. The first kappa shape index (κ1) is 27.4. The molecular formula is C32H35N5O3. The summed E-state index contributed by atoms with van der Waals surface area (Å²) in [5.74, 6) is 0.563. The van der Waals surface area contributed by atoms with Crippen LogP contribution in [0.4, 0.5) is 11.5 Å². The smallest absolute Gasteiger partial charge is 0.257 e. The summed E-state index contributed by atoms with van der Waals surface area (Å²) >= 11 is 0. The van der Waals surface area contributed by atoms with E-state index in [4.69, 9.17) is 10.00 Å². The van der Waals surface area contributed by atoms with Gasteiger partial charge in [0.1, 0.15) is 5.82 Å². The van der Waals surface area contributed by atoms with Crippen molar-refractivity contribution in [2.24, 2.45) is 0 Å². The maximum atomic E-state index is 13.5. The van der Waals surface area contributed by atoms with Gasteiger partial charge in [-0.1, -0.05) is 30.9 Å². The van der Waals surface area contributed by atoms with E-state index in [1.165, 1.54) is 12.8 Å². The van der Waals surface area contributed by atoms with E-state index in [0.29, 0.717) is 55.8 Å². The molecule has 1 spiro atoms. The molecule has 0 radical (unpaired) electrons. The summed E-state index contributed by atoms with van der Waals surface area (Å²) in [6, 6.07) is 11.3. The first-order valence-electron chi connectivity index (χ1n) is 13.9. The highest BCUT2D eigenvalue weighted by Gasteiger charge is 2.45. The number of allylic oxidation sites excluding steroid dienone is 3. The fourth-order valence-electron chi connectivity index (χ4n) is 5.78. The van der Waals surface area contributed by atoms with Crippen LogP contribution in [-0.4, -0.2) is 60.1 Å². The Balaban J connectivity index is 1.25. The predicted octanol–water partition coefficient (Wildman–Crippen LogP) is 5.20. The average molecular weight is 538 g/mol. The first-order chi connectivity index (χ1) is 19.4. The number of carbonyl (C=O) groups excluding carboxylic acids is 2. The topological polar surface area (TPSA) is 98.6 Å². The van der Waals surface area contributed by atoms with Gasteiger partial charge in [0.05, 0.1) is 30.3 Å². The molecule has 2 aromatic rings. The minimum absolute atomic E-state index is 0.0746. The van der Waals surface area contributed by atoms with Crippen LogP contribution in [0.1, 0.15) is 58.4 Å². The first-order valence-corrected chi connectivity index (χ1v) is 13.9. The van der Waals surface area contributed by atoms with Crippen molar-refractivity contribution in [3.63, 3.8) is 0 Å². The second-order valence-electron chi connectivity index (χ2n) is 10.6. The summed E-state index contributed by atoms with van der Waals surface area (Å²) < 4.78 is 6.26. The van der Waals surface area contributed by atoms with Crippen LogP contribution >= 0.6 is 0 Å². The van der Waals surface area contributed by atoms with Gasteiger partial charge in [-0.3, -0.25) is 9.59 Å². The van der Waals surface area contributed by atoms with Crippen molar-refractivity contribution in [1.29, 1.82) is 5.26 Å². The lowest BCUT2D eigenvalue weighted by atomic mass is 9.82. The second kappa shape index (κ2) is 11.9. The van der Waals surface area contributed by atoms with Crippen molar-refractivity contribution in [3.8, 4) is 6.07 Å². The van der Waals surface area contributed by atoms with Crippen molar-refractivity contribution in [3.05, 3.63) is 89.2 Å². The van der Waals surface area contributed by atoms with Crippen LogP contribution in [0.2, 0.25) is 0 Å². The SMILES string of the molecule is C=C/C=C1\C(=C/CC#N)COC12CCN(C(=O)c1ccc(C)c(NC(=O)c3ccc(N4CCCC4)nc3)c1)CC2. The summed E-state index contributed by atoms with van der Waals surface area (Å²) in [4.78, 5) is 35.0. The number of nitriles is 1. The number of hydrogen-bond donors (Lipinski definition) is 1. The number of pyridine rings is 1. The zero-order valence-corrected chi connectivity index (χ0v) is 23.0. The third-order valence-corrected chi connectivity index (χ3v) is 8.10. The summed E-state index contributed by atoms with van der Waals surface area (Å²) in [5, 5.41) is 12.0. The fourth-order valence-corrected chi connectivity index (χ4v) is 5.78. The Morgan fingerprint density at radius 3 is 2.58 bits per heavy atom. The number of nitrogens with one attached hydrogen (secondary N) is 1. The number of anilines is 2. The number of likely N-dealkylation sites (tertiary alicyclic amines) is 1. The molecule has 206 valence electrons. The maximum Gasteiger partial charge on any atom is 0.257 e. The molecule has 0 atom stereocenters. The zero-order chi connectivity index (χ0) is 28.1. The Morgan fingerprint density at radius 1 is 1.15 bits per heavy atom. The van der Waals surface area contributed by atoms with E-state index < -0.39 is 5.60 Å². The van der Waals surface area contributed by atoms with Gasteiger partial charge in [0.15, 0.2) is 0 Å². The van der Waals surface area contributed by atoms with Gasteiger partial charge in [0, 0.05) is 43.6 Å². The van der Waals surface area contributed by atoms with Crippen molar-refractivity contribution in [2.45, 2.75) is 44.6 Å². The fraction of sp³-hybridized carbons (Fsp3) is 0.375. The molecule has 0 saturated carbocycles. The highest BCUT2D eigenvalue weighted by molar-refractivity contribution is 6.05. The number of nitrogens with zero attached hydrogens (tertiary/aromatic N) is 4. The summed E-state index contributed by atoms with van der Waals surface area (Å²) in [7, 11) is 0. The number of aryl methyl sites for hydroxylation is 1. The molecule has 5 rings (SSSR count).